The fourth-order valence-corrected chi connectivity index (χ4v) is 2.47. The zero-order valence-corrected chi connectivity index (χ0v) is 14.0. The van der Waals surface area contributed by atoms with Crippen LogP contribution < -0.4 is 10.6 Å². The molecule has 0 saturated carbocycles. The van der Waals surface area contributed by atoms with Gasteiger partial charge in [-0.3, -0.25) is 9.59 Å². The van der Waals surface area contributed by atoms with Crippen LogP contribution in [0, 0.1) is 11.3 Å². The Morgan fingerprint density at radius 3 is 2.73 bits per heavy atom. The van der Waals surface area contributed by atoms with E-state index >= 15 is 0 Å². The van der Waals surface area contributed by atoms with Crippen LogP contribution in [0.4, 0.5) is 0 Å². The normalized spacial score (nSPS) is 12.8. The minimum Gasteiger partial charge on any atom is -0.339 e. The van der Waals surface area contributed by atoms with Crippen molar-refractivity contribution in [3.8, 4) is 6.07 Å². The molecular formula is C15H18ClN3O2S. The summed E-state index contributed by atoms with van der Waals surface area (Å²) < 4.78 is 0. The van der Waals surface area contributed by atoms with E-state index in [1.54, 1.807) is 25.1 Å². The number of hydrogen-bond acceptors (Lipinski definition) is 4. The van der Waals surface area contributed by atoms with E-state index in [1.165, 1.54) is 11.8 Å². The van der Waals surface area contributed by atoms with E-state index < -0.39 is 12.1 Å². The largest absolute Gasteiger partial charge is 0.339 e. The quantitative estimate of drug-likeness (QED) is 0.743. The smallest absolute Gasteiger partial charge is 0.251 e. The number of nitrogens with zero attached hydrogens (tertiary/aromatic N) is 1. The van der Waals surface area contributed by atoms with Crippen molar-refractivity contribution in [1.29, 1.82) is 5.26 Å². The molecule has 0 saturated heterocycles. The molecule has 0 aromatic heterocycles. The number of nitrogens with one attached hydrogen (secondary N) is 2. The summed E-state index contributed by atoms with van der Waals surface area (Å²) >= 11 is 7.19. The molecule has 1 aromatic carbocycles. The highest BCUT2D eigenvalue weighted by Crippen LogP contribution is 2.09. The monoisotopic (exact) mass is 339 g/mol. The Morgan fingerprint density at radius 1 is 1.41 bits per heavy atom. The number of hydrogen-bond donors (Lipinski definition) is 2. The van der Waals surface area contributed by atoms with Gasteiger partial charge in [0, 0.05) is 17.2 Å². The SMILES string of the molecule is CSCC(NC(=O)c1cccc(CCl)c1)C(=O)NC(C)C#N. The van der Waals surface area contributed by atoms with Gasteiger partial charge in [-0.2, -0.15) is 17.0 Å². The first-order valence-corrected chi connectivity index (χ1v) is 8.59. The summed E-state index contributed by atoms with van der Waals surface area (Å²) in [6, 6.07) is 7.55. The first-order chi connectivity index (χ1) is 10.5. The number of amides is 2. The Balaban J connectivity index is 2.79. The Morgan fingerprint density at radius 2 is 2.14 bits per heavy atom. The maximum Gasteiger partial charge on any atom is 0.251 e. The number of benzene rings is 1. The second kappa shape index (κ2) is 9.34. The van der Waals surface area contributed by atoms with E-state index in [-0.39, 0.29) is 11.8 Å². The van der Waals surface area contributed by atoms with Gasteiger partial charge in [-0.1, -0.05) is 12.1 Å². The van der Waals surface area contributed by atoms with Crippen LogP contribution in [0.2, 0.25) is 0 Å². The van der Waals surface area contributed by atoms with Crippen LogP contribution in [0.25, 0.3) is 0 Å². The minimum absolute atomic E-state index is 0.315. The number of carbonyl (C=O) groups is 2. The average Bonchev–Trinajstić information content (AvgIpc) is 2.54. The minimum atomic E-state index is -0.696. The van der Waals surface area contributed by atoms with Crippen molar-refractivity contribution in [3.63, 3.8) is 0 Å². The maximum atomic E-state index is 12.2. The lowest BCUT2D eigenvalue weighted by atomic mass is 10.1. The molecule has 0 heterocycles. The van der Waals surface area contributed by atoms with Gasteiger partial charge >= 0.3 is 0 Å². The third-order valence-corrected chi connectivity index (χ3v) is 3.83. The molecule has 2 atom stereocenters. The lowest BCUT2D eigenvalue weighted by Crippen LogP contribution is -2.50. The zero-order valence-electron chi connectivity index (χ0n) is 12.4. The van der Waals surface area contributed by atoms with Gasteiger partial charge in [-0.25, -0.2) is 0 Å². The summed E-state index contributed by atoms with van der Waals surface area (Å²) in [6.07, 6.45) is 1.84. The molecule has 22 heavy (non-hydrogen) atoms. The van der Waals surface area contributed by atoms with Gasteiger partial charge < -0.3 is 10.6 Å². The zero-order chi connectivity index (χ0) is 16.5. The molecule has 2 amide bonds. The average molecular weight is 340 g/mol. The molecule has 7 heteroatoms. The number of nitriles is 1. The van der Waals surface area contributed by atoms with E-state index in [2.05, 4.69) is 10.6 Å². The molecule has 0 radical (unpaired) electrons. The van der Waals surface area contributed by atoms with Crippen molar-refractivity contribution in [1.82, 2.24) is 10.6 Å². The third-order valence-electron chi connectivity index (χ3n) is 2.85. The molecule has 0 spiro atoms. The molecule has 118 valence electrons. The lowest BCUT2D eigenvalue weighted by molar-refractivity contribution is -0.122. The number of thioether (sulfide) groups is 1. The van der Waals surface area contributed by atoms with E-state index in [9.17, 15) is 9.59 Å². The second-order valence-electron chi connectivity index (χ2n) is 4.67. The van der Waals surface area contributed by atoms with Crippen molar-refractivity contribution in [2.24, 2.45) is 0 Å². The van der Waals surface area contributed by atoms with Gasteiger partial charge in [-0.05, 0) is 30.9 Å². The first-order valence-electron chi connectivity index (χ1n) is 6.66. The summed E-state index contributed by atoms with van der Waals surface area (Å²) in [5.41, 5.74) is 1.28. The number of halogens is 1. The molecule has 0 aliphatic carbocycles. The van der Waals surface area contributed by atoms with Gasteiger partial charge in [0.2, 0.25) is 5.91 Å². The Labute approximate surface area is 139 Å². The van der Waals surface area contributed by atoms with Gasteiger partial charge in [0.15, 0.2) is 0 Å². The molecule has 2 unspecified atom stereocenters. The molecule has 1 rings (SSSR count). The fraction of sp³-hybridized carbons (Fsp3) is 0.400. The van der Waals surface area contributed by atoms with Crippen LogP contribution in [-0.2, 0) is 10.7 Å². The van der Waals surface area contributed by atoms with Crippen LogP contribution in [0.15, 0.2) is 24.3 Å². The van der Waals surface area contributed by atoms with Crippen molar-refractivity contribution in [2.45, 2.75) is 24.9 Å². The van der Waals surface area contributed by atoms with Crippen LogP contribution in [0.1, 0.15) is 22.8 Å². The molecule has 0 fully saturated rings. The highest BCUT2D eigenvalue weighted by molar-refractivity contribution is 7.98. The number of carbonyl (C=O) groups excluding carboxylic acids is 2. The van der Waals surface area contributed by atoms with Gasteiger partial charge in [0.05, 0.1) is 6.07 Å². The lowest BCUT2D eigenvalue weighted by Gasteiger charge is -2.18. The molecule has 0 aliphatic rings. The van der Waals surface area contributed by atoms with E-state index in [4.69, 9.17) is 16.9 Å². The fourth-order valence-electron chi connectivity index (χ4n) is 1.73. The Bertz CT molecular complexity index is 574. The van der Waals surface area contributed by atoms with E-state index in [0.717, 1.165) is 5.56 Å². The standard InChI is InChI=1S/C15H18ClN3O2S/c1-10(8-17)18-15(21)13(9-22-2)19-14(20)12-5-3-4-11(6-12)7-16/h3-6,10,13H,7,9H2,1-2H3,(H,18,21)(H,19,20). The third kappa shape index (κ3) is 5.58. The van der Waals surface area contributed by atoms with Crippen LogP contribution in [0.5, 0.6) is 0 Å². The first kappa shape index (κ1) is 18.3. The van der Waals surface area contributed by atoms with Gasteiger partial charge in [0.1, 0.15) is 12.1 Å². The summed E-state index contributed by atoms with van der Waals surface area (Å²) in [5.74, 6) is 0.0245. The highest BCUT2D eigenvalue weighted by atomic mass is 35.5. The summed E-state index contributed by atoms with van der Waals surface area (Å²) in [6.45, 7) is 1.58. The maximum absolute atomic E-state index is 12.2. The number of alkyl halides is 1. The van der Waals surface area contributed by atoms with Crippen LogP contribution in [-0.4, -0.2) is 35.9 Å². The van der Waals surface area contributed by atoms with Crippen LogP contribution >= 0.6 is 23.4 Å². The molecular weight excluding hydrogens is 322 g/mol. The molecule has 1 aromatic rings. The number of rotatable bonds is 7. The van der Waals surface area contributed by atoms with Crippen molar-refractivity contribution >= 4 is 35.2 Å². The Kier molecular flexibility index (Phi) is 7.78. The predicted molar refractivity (Wildman–Crippen MR) is 88.9 cm³/mol. The molecule has 0 bridgehead atoms. The molecule has 5 nitrogen and oxygen atoms in total. The van der Waals surface area contributed by atoms with Gasteiger partial charge in [-0.15, -0.1) is 11.6 Å². The van der Waals surface area contributed by atoms with Crippen molar-refractivity contribution in [3.05, 3.63) is 35.4 Å². The highest BCUT2D eigenvalue weighted by Gasteiger charge is 2.22. The van der Waals surface area contributed by atoms with E-state index in [1.807, 2.05) is 18.4 Å². The second-order valence-corrected chi connectivity index (χ2v) is 5.85. The van der Waals surface area contributed by atoms with Crippen molar-refractivity contribution < 1.29 is 9.59 Å². The summed E-state index contributed by atoms with van der Waals surface area (Å²) in [7, 11) is 0. The predicted octanol–water partition coefficient (Wildman–Crippen LogP) is 1.92. The molecule has 0 aliphatic heterocycles. The van der Waals surface area contributed by atoms with E-state index in [0.29, 0.717) is 17.2 Å². The van der Waals surface area contributed by atoms with Crippen LogP contribution in [0.3, 0.4) is 0 Å². The summed E-state index contributed by atoms with van der Waals surface area (Å²) in [4.78, 5) is 24.3. The van der Waals surface area contributed by atoms with Crippen molar-refractivity contribution in [2.75, 3.05) is 12.0 Å². The molecule has 2 N–H and O–H groups in total. The summed E-state index contributed by atoms with van der Waals surface area (Å²) in [5, 5.41) is 14.0. The Hall–Kier alpha value is -1.71. The van der Waals surface area contributed by atoms with Gasteiger partial charge in [0.25, 0.3) is 5.91 Å². The topological polar surface area (TPSA) is 82.0 Å².